The summed E-state index contributed by atoms with van der Waals surface area (Å²) in [6.07, 6.45) is 1.79. The molecule has 0 unspecified atom stereocenters. The van der Waals surface area contributed by atoms with E-state index in [1.165, 1.54) is 0 Å². The van der Waals surface area contributed by atoms with Crippen molar-refractivity contribution in [2.45, 2.75) is 0 Å². The van der Waals surface area contributed by atoms with Crippen LogP contribution >= 0.6 is 17.0 Å². The first-order valence-corrected chi connectivity index (χ1v) is 3.06. The zero-order valence-corrected chi connectivity index (χ0v) is 7.79. The van der Waals surface area contributed by atoms with E-state index in [0.717, 1.165) is 11.3 Å². The fourth-order valence-corrected chi connectivity index (χ4v) is 0.715. The molecule has 11 heavy (non-hydrogen) atoms. The number of anilines is 1. The highest BCUT2D eigenvalue weighted by Crippen LogP contribution is 2.07. The van der Waals surface area contributed by atoms with Crippen LogP contribution < -0.4 is 11.3 Å². The third-order valence-corrected chi connectivity index (χ3v) is 1.31. The smallest absolute Gasteiger partial charge is 0.0485 e. The van der Waals surface area contributed by atoms with Gasteiger partial charge in [-0.25, -0.2) is 0 Å². The molecule has 0 fully saturated rings. The predicted octanol–water partition coefficient (Wildman–Crippen LogP) is 2.19. The Labute approximate surface area is 76.8 Å². The van der Waals surface area contributed by atoms with Gasteiger partial charge in [-0.2, -0.15) is 0 Å². The molecule has 1 aromatic carbocycles. The first-order valence-electron chi connectivity index (χ1n) is 3.06. The molecule has 0 aromatic heterocycles. The summed E-state index contributed by atoms with van der Waals surface area (Å²) < 4.78 is 0. The van der Waals surface area contributed by atoms with E-state index >= 15 is 0 Å². The van der Waals surface area contributed by atoms with E-state index in [2.05, 4.69) is 12.0 Å². The zero-order valence-electron chi connectivity index (χ0n) is 6.08. The quantitative estimate of drug-likeness (QED) is 0.586. The van der Waals surface area contributed by atoms with Crippen LogP contribution in [-0.2, 0) is 0 Å². The average molecular weight is 215 g/mol. The predicted molar refractivity (Wildman–Crippen MR) is 54.7 cm³/mol. The Balaban J connectivity index is 0.000001000. The Hall–Kier alpha value is -0.800. The van der Waals surface area contributed by atoms with Crippen LogP contribution in [0.5, 0.6) is 0 Å². The van der Waals surface area contributed by atoms with Crippen molar-refractivity contribution in [1.29, 1.82) is 0 Å². The van der Waals surface area contributed by atoms with E-state index < -0.39 is 0 Å². The number of rotatable bonds is 2. The Morgan fingerprint density at radius 3 is 2.18 bits per heavy atom. The highest BCUT2D eigenvalue weighted by Gasteiger charge is 1.85. The van der Waals surface area contributed by atoms with Crippen LogP contribution in [-0.4, -0.2) is 0 Å². The van der Waals surface area contributed by atoms with Crippen molar-refractivity contribution in [1.82, 2.24) is 0 Å². The normalized spacial score (nSPS) is 8.09. The molecule has 0 amide bonds. The lowest BCUT2D eigenvalue weighted by molar-refractivity contribution is 1.35. The molecule has 0 aliphatic heterocycles. The van der Waals surface area contributed by atoms with Gasteiger partial charge in [-0.3, -0.25) is 5.84 Å². The van der Waals surface area contributed by atoms with Crippen LogP contribution in [0, 0.1) is 0 Å². The van der Waals surface area contributed by atoms with Gasteiger partial charge in [-0.05, 0) is 17.7 Å². The van der Waals surface area contributed by atoms with Gasteiger partial charge in [-0.1, -0.05) is 24.8 Å². The summed E-state index contributed by atoms with van der Waals surface area (Å²) in [7, 11) is 0. The lowest BCUT2D eigenvalue weighted by Gasteiger charge is -1.97. The molecular formula is C8H11BrN2. The van der Waals surface area contributed by atoms with Gasteiger partial charge in [0.05, 0.1) is 0 Å². The second-order valence-electron chi connectivity index (χ2n) is 1.97. The van der Waals surface area contributed by atoms with E-state index in [9.17, 15) is 0 Å². The third kappa shape index (κ3) is 2.74. The van der Waals surface area contributed by atoms with E-state index in [4.69, 9.17) is 5.84 Å². The van der Waals surface area contributed by atoms with Crippen molar-refractivity contribution in [2.75, 3.05) is 5.43 Å². The second kappa shape index (κ2) is 4.93. The van der Waals surface area contributed by atoms with Crippen molar-refractivity contribution in [3.05, 3.63) is 36.4 Å². The van der Waals surface area contributed by atoms with Crippen LogP contribution in [0.25, 0.3) is 6.08 Å². The van der Waals surface area contributed by atoms with Gasteiger partial charge < -0.3 is 5.43 Å². The summed E-state index contributed by atoms with van der Waals surface area (Å²) >= 11 is 0. The number of nitrogen functional groups attached to an aromatic ring is 1. The number of nitrogens with two attached hydrogens (primary N) is 1. The summed E-state index contributed by atoms with van der Waals surface area (Å²) in [4.78, 5) is 0. The van der Waals surface area contributed by atoms with Crippen molar-refractivity contribution in [3.8, 4) is 0 Å². The molecule has 60 valence electrons. The van der Waals surface area contributed by atoms with Gasteiger partial charge in [-0.15, -0.1) is 17.0 Å². The SMILES string of the molecule is Br.C=Cc1ccc(NN)cc1. The monoisotopic (exact) mass is 214 g/mol. The lowest BCUT2D eigenvalue weighted by Crippen LogP contribution is -2.05. The summed E-state index contributed by atoms with van der Waals surface area (Å²) in [6.45, 7) is 3.63. The van der Waals surface area contributed by atoms with Crippen LogP contribution in [0.4, 0.5) is 5.69 Å². The molecule has 0 atom stereocenters. The van der Waals surface area contributed by atoms with Gasteiger partial charge in [0.1, 0.15) is 0 Å². The molecule has 0 saturated heterocycles. The number of hydrogen-bond acceptors (Lipinski definition) is 2. The molecule has 0 aliphatic rings. The van der Waals surface area contributed by atoms with Crippen LogP contribution in [0.3, 0.4) is 0 Å². The minimum Gasteiger partial charge on any atom is -0.324 e. The Morgan fingerprint density at radius 2 is 1.82 bits per heavy atom. The molecule has 0 spiro atoms. The maximum atomic E-state index is 5.17. The van der Waals surface area contributed by atoms with Gasteiger partial charge in [0.15, 0.2) is 0 Å². The molecule has 0 saturated carbocycles. The molecule has 0 heterocycles. The van der Waals surface area contributed by atoms with Crippen LogP contribution in [0.15, 0.2) is 30.8 Å². The van der Waals surface area contributed by atoms with E-state index in [1.807, 2.05) is 24.3 Å². The minimum absolute atomic E-state index is 0. The largest absolute Gasteiger partial charge is 0.324 e. The van der Waals surface area contributed by atoms with E-state index in [0.29, 0.717) is 0 Å². The lowest BCUT2D eigenvalue weighted by atomic mass is 10.2. The fraction of sp³-hybridized carbons (Fsp3) is 0. The van der Waals surface area contributed by atoms with Crippen molar-refractivity contribution in [3.63, 3.8) is 0 Å². The molecule has 1 rings (SSSR count). The summed E-state index contributed by atoms with van der Waals surface area (Å²) in [5.41, 5.74) is 4.55. The minimum atomic E-state index is 0. The van der Waals surface area contributed by atoms with Crippen molar-refractivity contribution >= 4 is 28.7 Å². The fourth-order valence-electron chi connectivity index (χ4n) is 0.715. The highest BCUT2D eigenvalue weighted by molar-refractivity contribution is 8.93. The summed E-state index contributed by atoms with van der Waals surface area (Å²) in [5.74, 6) is 5.17. The molecule has 2 nitrogen and oxygen atoms in total. The molecule has 3 N–H and O–H groups in total. The number of hydrogen-bond donors (Lipinski definition) is 2. The second-order valence-corrected chi connectivity index (χ2v) is 1.97. The van der Waals surface area contributed by atoms with Gasteiger partial charge in [0, 0.05) is 5.69 Å². The molecule has 0 bridgehead atoms. The number of benzene rings is 1. The van der Waals surface area contributed by atoms with Gasteiger partial charge >= 0.3 is 0 Å². The highest BCUT2D eigenvalue weighted by atomic mass is 79.9. The van der Waals surface area contributed by atoms with Gasteiger partial charge in [0.25, 0.3) is 0 Å². The van der Waals surface area contributed by atoms with Crippen molar-refractivity contribution in [2.24, 2.45) is 5.84 Å². The third-order valence-electron chi connectivity index (χ3n) is 1.31. The van der Waals surface area contributed by atoms with E-state index in [-0.39, 0.29) is 17.0 Å². The maximum absolute atomic E-state index is 5.17. The molecule has 3 heteroatoms. The Kier molecular flexibility index (Phi) is 4.57. The standard InChI is InChI=1S/C8H10N2.BrH/c1-2-7-3-5-8(10-9)6-4-7;/h2-6,10H,1,9H2;1H. The molecule has 0 radical (unpaired) electrons. The maximum Gasteiger partial charge on any atom is 0.0485 e. The Morgan fingerprint density at radius 1 is 1.27 bits per heavy atom. The number of nitrogens with one attached hydrogen (secondary N) is 1. The van der Waals surface area contributed by atoms with Crippen molar-refractivity contribution < 1.29 is 0 Å². The first-order chi connectivity index (χ1) is 4.86. The molecule has 1 aromatic rings. The van der Waals surface area contributed by atoms with Crippen LogP contribution in [0.1, 0.15) is 5.56 Å². The van der Waals surface area contributed by atoms with E-state index in [1.54, 1.807) is 6.08 Å². The number of halogens is 1. The first kappa shape index (κ1) is 10.2. The zero-order chi connectivity index (χ0) is 7.40. The van der Waals surface area contributed by atoms with Crippen LogP contribution in [0.2, 0.25) is 0 Å². The topological polar surface area (TPSA) is 38.0 Å². The summed E-state index contributed by atoms with van der Waals surface area (Å²) in [6, 6.07) is 7.69. The molecule has 0 aliphatic carbocycles. The summed E-state index contributed by atoms with van der Waals surface area (Å²) in [5, 5.41) is 0. The van der Waals surface area contributed by atoms with Gasteiger partial charge in [0.2, 0.25) is 0 Å². The molecular weight excluding hydrogens is 204 g/mol. The number of hydrazine groups is 1. The Bertz CT molecular complexity index is 218. The average Bonchev–Trinajstić information content (AvgIpc) is 2.05.